The van der Waals surface area contributed by atoms with E-state index in [4.69, 9.17) is 24.0 Å². The molecule has 0 rings (SSSR count). The number of unbranched alkanes of at least 4 members (excludes halogenated alkanes) is 1. The molecule has 11 heteroatoms. The molecule has 0 aliphatic rings. The number of ether oxygens (including phenoxy) is 3. The van der Waals surface area contributed by atoms with E-state index < -0.39 is 31.7 Å². The lowest BCUT2D eigenvalue weighted by atomic mass is 10.2. The summed E-state index contributed by atoms with van der Waals surface area (Å²) < 4.78 is 30.3. The summed E-state index contributed by atoms with van der Waals surface area (Å²) in [5, 5.41) is 0. The van der Waals surface area contributed by atoms with Gasteiger partial charge in [-0.3, -0.25) is 4.52 Å². The fourth-order valence-corrected chi connectivity index (χ4v) is 1.89. The highest BCUT2D eigenvalue weighted by Crippen LogP contribution is 2.36. The lowest BCUT2D eigenvalue weighted by Crippen LogP contribution is -2.45. The summed E-state index contributed by atoms with van der Waals surface area (Å²) in [5.74, 6) is -5.41. The van der Waals surface area contributed by atoms with E-state index in [1.54, 1.807) is 0 Å². The van der Waals surface area contributed by atoms with E-state index in [2.05, 4.69) is 24.3 Å². The first kappa shape index (κ1) is 25.7. The second kappa shape index (κ2) is 10.9. The van der Waals surface area contributed by atoms with Crippen LogP contribution < -0.4 is 0 Å². The summed E-state index contributed by atoms with van der Waals surface area (Å²) in [6.45, 7) is 13.9. The summed E-state index contributed by atoms with van der Waals surface area (Å²) in [6.07, 6.45) is -0.238. The molecule has 0 heterocycles. The number of hydrogen-bond acceptors (Lipinski definition) is 8. The van der Waals surface area contributed by atoms with Gasteiger partial charge in [-0.05, 0) is 33.6 Å². The molecule has 0 saturated carbocycles. The predicted octanol–water partition coefficient (Wildman–Crippen LogP) is 2.28. The standard InChI is InChI=1S/C17H25O10P/c1-11(2)14(18)25-17(26-15(19)12(3)4,27-16(20)13(5)6)9-7-8-10-24-28(21,22)23/h1,3,5,7-10H2,2,4,6H3,(H2,21,22,23). The number of phosphoric acid groups is 1. The van der Waals surface area contributed by atoms with Crippen molar-refractivity contribution >= 4 is 25.7 Å². The minimum atomic E-state index is -4.64. The largest absolute Gasteiger partial charge is 0.469 e. The van der Waals surface area contributed by atoms with Gasteiger partial charge in [0.15, 0.2) is 0 Å². The van der Waals surface area contributed by atoms with Crippen molar-refractivity contribution in [3.8, 4) is 0 Å². The van der Waals surface area contributed by atoms with Crippen molar-refractivity contribution in [2.75, 3.05) is 6.61 Å². The van der Waals surface area contributed by atoms with Crippen molar-refractivity contribution in [1.82, 2.24) is 0 Å². The number of phosphoric ester groups is 1. The first-order valence-corrected chi connectivity index (χ1v) is 9.59. The fourth-order valence-electron chi connectivity index (χ4n) is 1.53. The van der Waals surface area contributed by atoms with Gasteiger partial charge in [0.05, 0.1) is 13.0 Å². The van der Waals surface area contributed by atoms with E-state index in [1.807, 2.05) is 0 Å². The Balaban J connectivity index is 5.56. The Morgan fingerprint density at radius 3 is 1.46 bits per heavy atom. The van der Waals surface area contributed by atoms with Gasteiger partial charge in [-0.25, -0.2) is 18.9 Å². The van der Waals surface area contributed by atoms with Gasteiger partial charge in [-0.1, -0.05) is 19.7 Å². The van der Waals surface area contributed by atoms with Gasteiger partial charge in [0.25, 0.3) is 0 Å². The van der Waals surface area contributed by atoms with Crippen LogP contribution in [0.25, 0.3) is 0 Å². The lowest BCUT2D eigenvalue weighted by molar-refractivity contribution is -0.328. The Morgan fingerprint density at radius 2 is 1.18 bits per heavy atom. The second-order valence-corrected chi connectivity index (χ2v) is 7.21. The van der Waals surface area contributed by atoms with Crippen LogP contribution in [0.4, 0.5) is 0 Å². The number of carbonyl (C=O) groups excluding carboxylic acids is 3. The molecule has 0 bridgehead atoms. The number of rotatable bonds is 12. The summed E-state index contributed by atoms with van der Waals surface area (Å²) in [6, 6.07) is 0. The summed E-state index contributed by atoms with van der Waals surface area (Å²) in [4.78, 5) is 53.4. The highest BCUT2D eigenvalue weighted by Gasteiger charge is 2.43. The lowest BCUT2D eigenvalue weighted by Gasteiger charge is -2.31. The van der Waals surface area contributed by atoms with Crippen LogP contribution in [0, 0.1) is 0 Å². The van der Waals surface area contributed by atoms with Crippen molar-refractivity contribution in [3.05, 3.63) is 36.5 Å². The third-order valence-corrected chi connectivity index (χ3v) is 3.45. The first-order chi connectivity index (χ1) is 12.7. The summed E-state index contributed by atoms with van der Waals surface area (Å²) in [5.41, 5.74) is -0.147. The van der Waals surface area contributed by atoms with E-state index in [0.717, 1.165) is 0 Å². The molecule has 158 valence electrons. The molecule has 0 aromatic heterocycles. The van der Waals surface area contributed by atoms with Crippen LogP contribution in [0.5, 0.6) is 0 Å². The van der Waals surface area contributed by atoms with Crippen LogP contribution in [0.1, 0.15) is 40.0 Å². The second-order valence-electron chi connectivity index (χ2n) is 5.97. The molecular weight excluding hydrogens is 395 g/mol. The molecule has 0 aliphatic carbocycles. The van der Waals surface area contributed by atoms with Gasteiger partial charge < -0.3 is 24.0 Å². The summed E-state index contributed by atoms with van der Waals surface area (Å²) >= 11 is 0. The van der Waals surface area contributed by atoms with Crippen molar-refractivity contribution in [2.24, 2.45) is 0 Å². The molecule has 10 nitrogen and oxygen atoms in total. The van der Waals surface area contributed by atoms with Gasteiger partial charge in [0, 0.05) is 16.7 Å². The fraction of sp³-hybridized carbons (Fsp3) is 0.471. The zero-order chi connectivity index (χ0) is 22.1. The Kier molecular flexibility index (Phi) is 10.0. The molecule has 0 amide bonds. The molecule has 0 aromatic rings. The predicted molar refractivity (Wildman–Crippen MR) is 97.3 cm³/mol. The van der Waals surface area contributed by atoms with Crippen LogP contribution >= 0.6 is 7.82 Å². The molecule has 0 spiro atoms. The molecule has 0 radical (unpaired) electrons. The smallest absolute Gasteiger partial charge is 0.385 e. The highest BCUT2D eigenvalue weighted by molar-refractivity contribution is 7.46. The number of esters is 3. The highest BCUT2D eigenvalue weighted by atomic mass is 31.2. The molecule has 0 aliphatic heterocycles. The van der Waals surface area contributed by atoms with E-state index in [1.165, 1.54) is 20.8 Å². The number of carbonyl (C=O) groups is 3. The van der Waals surface area contributed by atoms with Crippen LogP contribution in [-0.4, -0.2) is 40.3 Å². The first-order valence-electron chi connectivity index (χ1n) is 8.06. The van der Waals surface area contributed by atoms with Gasteiger partial charge in [0.1, 0.15) is 0 Å². The molecule has 2 N–H and O–H groups in total. The van der Waals surface area contributed by atoms with Crippen LogP contribution in [-0.2, 0) is 37.7 Å². The normalized spacial score (nSPS) is 11.3. The Labute approximate surface area is 163 Å². The molecule has 0 atom stereocenters. The third kappa shape index (κ3) is 10.2. The third-order valence-electron chi connectivity index (χ3n) is 2.93. The van der Waals surface area contributed by atoms with Gasteiger partial charge in [-0.15, -0.1) is 0 Å². The zero-order valence-electron chi connectivity index (χ0n) is 16.1. The van der Waals surface area contributed by atoms with Crippen molar-refractivity contribution < 1.29 is 47.5 Å². The Hall–Kier alpha value is -2.26. The maximum Gasteiger partial charge on any atom is 0.469 e. The molecular formula is C17H25O10P. The van der Waals surface area contributed by atoms with Gasteiger partial charge >= 0.3 is 31.7 Å². The van der Waals surface area contributed by atoms with Crippen LogP contribution in [0.15, 0.2) is 36.5 Å². The minimum absolute atomic E-state index is 0.0381. The molecule has 28 heavy (non-hydrogen) atoms. The molecule has 0 saturated heterocycles. The van der Waals surface area contributed by atoms with E-state index >= 15 is 0 Å². The maximum absolute atomic E-state index is 12.0. The van der Waals surface area contributed by atoms with Crippen LogP contribution in [0.3, 0.4) is 0 Å². The van der Waals surface area contributed by atoms with E-state index in [-0.39, 0.29) is 42.6 Å². The number of hydrogen-bond donors (Lipinski definition) is 2. The average Bonchev–Trinajstić information content (AvgIpc) is 2.52. The quantitative estimate of drug-likeness (QED) is 0.158. The zero-order valence-corrected chi connectivity index (χ0v) is 17.0. The Bertz CT molecular complexity index is 633. The van der Waals surface area contributed by atoms with Crippen molar-refractivity contribution in [3.63, 3.8) is 0 Å². The average molecular weight is 420 g/mol. The molecule has 0 aromatic carbocycles. The SMILES string of the molecule is C=C(C)C(=O)OC(CCCCOP(=O)(O)O)(OC(=O)C(=C)C)OC(=O)C(=C)C. The van der Waals surface area contributed by atoms with Gasteiger partial charge in [0.2, 0.25) is 0 Å². The van der Waals surface area contributed by atoms with Crippen molar-refractivity contribution in [1.29, 1.82) is 0 Å². The Morgan fingerprint density at radius 1 is 0.821 bits per heavy atom. The van der Waals surface area contributed by atoms with Crippen LogP contribution in [0.2, 0.25) is 0 Å². The van der Waals surface area contributed by atoms with E-state index in [9.17, 15) is 18.9 Å². The topological polar surface area (TPSA) is 146 Å². The van der Waals surface area contributed by atoms with Crippen molar-refractivity contribution in [2.45, 2.75) is 46.0 Å². The van der Waals surface area contributed by atoms with Gasteiger partial charge in [-0.2, -0.15) is 0 Å². The molecule has 0 fully saturated rings. The minimum Gasteiger partial charge on any atom is -0.385 e. The van der Waals surface area contributed by atoms with E-state index in [0.29, 0.717) is 0 Å². The monoisotopic (exact) mass is 420 g/mol. The molecule has 0 unspecified atom stereocenters. The maximum atomic E-state index is 12.0. The summed E-state index contributed by atoms with van der Waals surface area (Å²) in [7, 11) is -4.64.